The molecule has 1 amide bonds. The molecule has 3 aromatic carbocycles. The number of aryl methyl sites for hydroxylation is 3. The fourth-order valence-corrected chi connectivity index (χ4v) is 4.35. The molecule has 5 rings (SSSR count). The van der Waals surface area contributed by atoms with E-state index in [-0.39, 0.29) is 28.9 Å². The van der Waals surface area contributed by atoms with Crippen molar-refractivity contribution in [1.82, 2.24) is 4.90 Å². The number of carbonyl (C=O) groups is 1. The third kappa shape index (κ3) is 3.12. The molecule has 0 saturated heterocycles. The van der Waals surface area contributed by atoms with Gasteiger partial charge in [-0.15, -0.1) is 0 Å². The van der Waals surface area contributed by atoms with Gasteiger partial charge in [0.15, 0.2) is 5.43 Å². The van der Waals surface area contributed by atoms with Crippen LogP contribution in [0.15, 0.2) is 69.9 Å². The summed E-state index contributed by atoms with van der Waals surface area (Å²) in [6.07, 6.45) is 0. The van der Waals surface area contributed by atoms with E-state index >= 15 is 0 Å². The van der Waals surface area contributed by atoms with E-state index in [2.05, 4.69) is 0 Å². The van der Waals surface area contributed by atoms with Crippen LogP contribution < -0.4 is 5.43 Å². The van der Waals surface area contributed by atoms with Gasteiger partial charge in [0.2, 0.25) is 5.76 Å². The first kappa shape index (κ1) is 20.2. The highest BCUT2D eigenvalue weighted by atomic mass is 19.1. The minimum absolute atomic E-state index is 0.00822. The van der Waals surface area contributed by atoms with E-state index in [0.717, 1.165) is 22.3 Å². The van der Waals surface area contributed by atoms with Gasteiger partial charge in [0.1, 0.15) is 11.4 Å². The predicted molar refractivity (Wildman–Crippen MR) is 121 cm³/mol. The van der Waals surface area contributed by atoms with Crippen molar-refractivity contribution in [3.63, 3.8) is 0 Å². The van der Waals surface area contributed by atoms with Crippen LogP contribution in [0.25, 0.3) is 11.0 Å². The van der Waals surface area contributed by atoms with Gasteiger partial charge in [-0.1, -0.05) is 48.0 Å². The van der Waals surface area contributed by atoms with Gasteiger partial charge in [-0.2, -0.15) is 0 Å². The summed E-state index contributed by atoms with van der Waals surface area (Å²) in [6.45, 7) is 6.07. The van der Waals surface area contributed by atoms with Gasteiger partial charge in [0, 0.05) is 12.1 Å². The van der Waals surface area contributed by atoms with Crippen molar-refractivity contribution in [1.29, 1.82) is 0 Å². The smallest absolute Gasteiger partial charge is 0.291 e. The Morgan fingerprint density at radius 1 is 0.938 bits per heavy atom. The van der Waals surface area contributed by atoms with E-state index in [1.807, 2.05) is 45.0 Å². The highest BCUT2D eigenvalue weighted by Gasteiger charge is 2.43. The maximum Gasteiger partial charge on any atom is 0.291 e. The predicted octanol–water partition coefficient (Wildman–Crippen LogP) is 5.60. The summed E-state index contributed by atoms with van der Waals surface area (Å²) >= 11 is 0. The number of nitrogens with zero attached hydrogens (tertiary/aromatic N) is 1. The lowest BCUT2D eigenvalue weighted by Crippen LogP contribution is -2.29. The monoisotopic (exact) mass is 427 g/mol. The molecule has 4 aromatic rings. The van der Waals surface area contributed by atoms with Gasteiger partial charge in [0.05, 0.1) is 17.0 Å². The summed E-state index contributed by atoms with van der Waals surface area (Å²) < 4.78 is 20.9. The molecule has 1 aliphatic rings. The zero-order chi connectivity index (χ0) is 22.6. The Morgan fingerprint density at radius 2 is 1.62 bits per heavy atom. The molecule has 0 aliphatic carbocycles. The van der Waals surface area contributed by atoms with Crippen molar-refractivity contribution in [2.75, 3.05) is 0 Å². The lowest BCUT2D eigenvalue weighted by atomic mass is 9.97. The molecule has 0 saturated carbocycles. The maximum atomic E-state index is 14.9. The Kier molecular flexibility index (Phi) is 4.70. The van der Waals surface area contributed by atoms with Crippen molar-refractivity contribution >= 4 is 16.9 Å². The number of carbonyl (C=O) groups excluding carboxylic acids is 1. The van der Waals surface area contributed by atoms with Gasteiger partial charge < -0.3 is 9.32 Å². The second-order valence-corrected chi connectivity index (χ2v) is 8.45. The molecule has 0 unspecified atom stereocenters. The molecule has 32 heavy (non-hydrogen) atoms. The fourth-order valence-electron chi connectivity index (χ4n) is 4.35. The Bertz CT molecular complexity index is 1440. The normalized spacial score (nSPS) is 15.4. The summed E-state index contributed by atoms with van der Waals surface area (Å²) in [6, 6.07) is 16.8. The lowest BCUT2D eigenvalue weighted by molar-refractivity contribution is 0.0712. The van der Waals surface area contributed by atoms with Gasteiger partial charge >= 0.3 is 0 Å². The van der Waals surface area contributed by atoms with E-state index < -0.39 is 17.8 Å². The van der Waals surface area contributed by atoms with Gasteiger partial charge in [0.25, 0.3) is 5.91 Å². The van der Waals surface area contributed by atoms with E-state index in [1.54, 1.807) is 30.3 Å². The summed E-state index contributed by atoms with van der Waals surface area (Å²) in [7, 11) is 0. The van der Waals surface area contributed by atoms with Crippen molar-refractivity contribution in [3.05, 3.63) is 116 Å². The summed E-state index contributed by atoms with van der Waals surface area (Å²) in [5, 5.41) is 0.401. The number of hydrogen-bond donors (Lipinski definition) is 0. The zero-order valence-corrected chi connectivity index (χ0v) is 18.1. The molecule has 0 N–H and O–H groups in total. The number of amides is 1. The third-order valence-corrected chi connectivity index (χ3v) is 6.26. The number of benzene rings is 3. The molecule has 0 fully saturated rings. The Hall–Kier alpha value is -3.73. The highest BCUT2D eigenvalue weighted by molar-refractivity contribution is 5.99. The summed E-state index contributed by atoms with van der Waals surface area (Å²) in [5.41, 5.74) is 4.46. The van der Waals surface area contributed by atoms with E-state index in [0.29, 0.717) is 11.0 Å². The van der Waals surface area contributed by atoms with Gasteiger partial charge in [-0.25, -0.2) is 4.39 Å². The topological polar surface area (TPSA) is 50.5 Å². The second-order valence-electron chi connectivity index (χ2n) is 8.45. The second kappa shape index (κ2) is 7.45. The molecule has 5 heteroatoms. The van der Waals surface area contributed by atoms with Crippen LogP contribution in [0.1, 0.15) is 50.0 Å². The van der Waals surface area contributed by atoms with Gasteiger partial charge in [-0.05, 0) is 55.7 Å². The number of rotatable bonds is 3. The van der Waals surface area contributed by atoms with Crippen LogP contribution in [0.4, 0.5) is 4.39 Å². The minimum atomic E-state index is -0.859. The van der Waals surface area contributed by atoms with Crippen molar-refractivity contribution in [3.8, 4) is 0 Å². The molecule has 0 radical (unpaired) electrons. The van der Waals surface area contributed by atoms with Crippen LogP contribution in [0.3, 0.4) is 0 Å². The standard InChI is InChI=1S/C27H22FNO3/c1-15-8-10-18(11-9-15)14-29-24(19-6-4-5-7-21(19)28)23-25(30)20-12-16(2)17(3)13-22(20)32-26(23)27(29)31/h4-13,24H,14H2,1-3H3/t24-/m0/s1. The van der Waals surface area contributed by atoms with Crippen molar-refractivity contribution < 1.29 is 13.6 Å². The number of hydrogen-bond acceptors (Lipinski definition) is 3. The van der Waals surface area contributed by atoms with Crippen LogP contribution >= 0.6 is 0 Å². The average Bonchev–Trinajstić information content (AvgIpc) is 3.04. The quantitative estimate of drug-likeness (QED) is 0.427. The van der Waals surface area contributed by atoms with E-state index in [1.165, 1.54) is 11.0 Å². The highest BCUT2D eigenvalue weighted by Crippen LogP contribution is 2.40. The molecule has 4 nitrogen and oxygen atoms in total. The first-order valence-electron chi connectivity index (χ1n) is 10.5. The molecule has 160 valence electrons. The summed E-state index contributed by atoms with van der Waals surface area (Å²) in [4.78, 5) is 28.6. The first-order chi connectivity index (χ1) is 15.3. The number of halogens is 1. The molecule has 1 aliphatic heterocycles. The van der Waals surface area contributed by atoms with Crippen LogP contribution in [-0.2, 0) is 6.54 Å². The maximum absolute atomic E-state index is 14.9. The molecule has 2 heterocycles. The fraction of sp³-hybridized carbons (Fsp3) is 0.185. The van der Waals surface area contributed by atoms with Crippen LogP contribution in [0.2, 0.25) is 0 Å². The first-order valence-corrected chi connectivity index (χ1v) is 10.5. The van der Waals surface area contributed by atoms with Crippen LogP contribution in [-0.4, -0.2) is 10.8 Å². The average molecular weight is 427 g/mol. The van der Waals surface area contributed by atoms with Crippen LogP contribution in [0, 0.1) is 26.6 Å². The Morgan fingerprint density at radius 3 is 2.34 bits per heavy atom. The lowest BCUT2D eigenvalue weighted by Gasteiger charge is -2.25. The van der Waals surface area contributed by atoms with Crippen LogP contribution in [0.5, 0.6) is 0 Å². The summed E-state index contributed by atoms with van der Waals surface area (Å²) in [5.74, 6) is -0.885. The Labute approximate surface area is 184 Å². The molecule has 1 atom stereocenters. The van der Waals surface area contributed by atoms with E-state index in [9.17, 15) is 14.0 Å². The van der Waals surface area contributed by atoms with Gasteiger partial charge in [-0.3, -0.25) is 9.59 Å². The zero-order valence-electron chi connectivity index (χ0n) is 18.1. The van der Waals surface area contributed by atoms with Crippen molar-refractivity contribution in [2.24, 2.45) is 0 Å². The molecule has 0 spiro atoms. The largest absolute Gasteiger partial charge is 0.450 e. The molecule has 0 bridgehead atoms. The molecule has 1 aromatic heterocycles. The SMILES string of the molecule is Cc1ccc(CN2C(=O)c3oc4cc(C)c(C)cc4c(=O)c3[C@@H]2c2ccccc2F)cc1. The molecular weight excluding hydrogens is 405 g/mol. The molecular formula is C27H22FNO3. The van der Waals surface area contributed by atoms with Crippen molar-refractivity contribution in [2.45, 2.75) is 33.4 Å². The third-order valence-electron chi connectivity index (χ3n) is 6.26. The minimum Gasteiger partial charge on any atom is -0.450 e. The van der Waals surface area contributed by atoms with E-state index in [4.69, 9.17) is 4.42 Å². The Balaban J connectivity index is 1.75. The number of fused-ring (bicyclic) bond motifs is 2.